The standard InChI is InChI=1S/C19H29N3O3/c1-15(2)14-19(24)22-12-10-21(11-13-22)9-8-18(23)20-16-6-4-5-7-17(16)25-3/h4-7,15H,8-14H2,1-3H3,(H,20,23). The number of methoxy groups -OCH3 is 1. The molecular formula is C19H29N3O3. The van der Waals surface area contributed by atoms with E-state index < -0.39 is 0 Å². The maximum absolute atomic E-state index is 12.2. The zero-order chi connectivity index (χ0) is 18.2. The minimum atomic E-state index is -0.0252. The summed E-state index contributed by atoms with van der Waals surface area (Å²) in [6, 6.07) is 7.39. The van der Waals surface area contributed by atoms with Gasteiger partial charge in [-0.05, 0) is 18.1 Å². The molecule has 1 N–H and O–H groups in total. The normalized spacial score (nSPS) is 15.3. The Labute approximate surface area is 150 Å². The molecule has 0 saturated carbocycles. The Kier molecular flexibility index (Phi) is 7.25. The van der Waals surface area contributed by atoms with E-state index in [1.807, 2.05) is 29.2 Å². The Bertz CT molecular complexity index is 581. The van der Waals surface area contributed by atoms with E-state index in [2.05, 4.69) is 24.1 Å². The second kappa shape index (κ2) is 9.42. The summed E-state index contributed by atoms with van der Waals surface area (Å²) in [6.45, 7) is 7.98. The van der Waals surface area contributed by atoms with Crippen molar-refractivity contribution in [1.82, 2.24) is 9.80 Å². The molecule has 25 heavy (non-hydrogen) atoms. The van der Waals surface area contributed by atoms with Crippen LogP contribution < -0.4 is 10.1 Å². The van der Waals surface area contributed by atoms with Crippen LogP contribution in [0, 0.1) is 5.92 Å². The molecule has 1 saturated heterocycles. The lowest BCUT2D eigenvalue weighted by Gasteiger charge is -2.35. The van der Waals surface area contributed by atoms with E-state index in [-0.39, 0.29) is 11.8 Å². The van der Waals surface area contributed by atoms with Gasteiger partial charge in [0, 0.05) is 45.6 Å². The predicted octanol–water partition coefficient (Wildman–Crippen LogP) is 2.21. The number of piperazine rings is 1. The summed E-state index contributed by atoms with van der Waals surface area (Å²) in [5, 5.41) is 2.89. The average Bonchev–Trinajstić information content (AvgIpc) is 2.60. The second-order valence-electron chi connectivity index (χ2n) is 6.82. The average molecular weight is 347 g/mol. The number of rotatable bonds is 7. The van der Waals surface area contributed by atoms with Crippen LogP contribution in [0.25, 0.3) is 0 Å². The molecule has 2 rings (SSSR count). The third kappa shape index (κ3) is 6.05. The summed E-state index contributed by atoms with van der Waals surface area (Å²) in [7, 11) is 1.59. The molecule has 1 heterocycles. The lowest BCUT2D eigenvalue weighted by molar-refractivity contribution is -0.134. The van der Waals surface area contributed by atoms with Crippen molar-refractivity contribution in [3.8, 4) is 5.75 Å². The summed E-state index contributed by atoms with van der Waals surface area (Å²) in [4.78, 5) is 28.4. The Hall–Kier alpha value is -2.08. The van der Waals surface area contributed by atoms with Crippen LogP contribution in [0.3, 0.4) is 0 Å². The minimum Gasteiger partial charge on any atom is -0.495 e. The maximum Gasteiger partial charge on any atom is 0.225 e. The van der Waals surface area contributed by atoms with Gasteiger partial charge in [-0.3, -0.25) is 14.5 Å². The van der Waals surface area contributed by atoms with E-state index in [0.717, 1.165) is 26.2 Å². The molecule has 1 aliphatic rings. The second-order valence-corrected chi connectivity index (χ2v) is 6.82. The molecule has 1 aromatic carbocycles. The molecule has 0 aliphatic carbocycles. The van der Waals surface area contributed by atoms with Crippen LogP contribution >= 0.6 is 0 Å². The highest BCUT2D eigenvalue weighted by atomic mass is 16.5. The van der Waals surface area contributed by atoms with E-state index in [1.54, 1.807) is 7.11 Å². The predicted molar refractivity (Wildman–Crippen MR) is 98.7 cm³/mol. The minimum absolute atomic E-state index is 0.0252. The largest absolute Gasteiger partial charge is 0.495 e. The van der Waals surface area contributed by atoms with Crippen molar-refractivity contribution in [2.24, 2.45) is 5.92 Å². The van der Waals surface area contributed by atoms with Crippen molar-refractivity contribution in [1.29, 1.82) is 0 Å². The van der Waals surface area contributed by atoms with Crippen molar-refractivity contribution >= 4 is 17.5 Å². The fourth-order valence-electron chi connectivity index (χ4n) is 2.92. The third-order valence-electron chi connectivity index (χ3n) is 4.34. The van der Waals surface area contributed by atoms with Gasteiger partial charge in [-0.2, -0.15) is 0 Å². The molecule has 0 aromatic heterocycles. The number of hydrogen-bond donors (Lipinski definition) is 1. The van der Waals surface area contributed by atoms with Crippen LogP contribution in [0.15, 0.2) is 24.3 Å². The van der Waals surface area contributed by atoms with Crippen molar-refractivity contribution in [2.75, 3.05) is 45.2 Å². The van der Waals surface area contributed by atoms with E-state index in [9.17, 15) is 9.59 Å². The van der Waals surface area contributed by atoms with Gasteiger partial charge in [-0.15, -0.1) is 0 Å². The van der Waals surface area contributed by atoms with Crippen LogP contribution in [0.5, 0.6) is 5.75 Å². The quantitative estimate of drug-likeness (QED) is 0.821. The van der Waals surface area contributed by atoms with Gasteiger partial charge in [0.2, 0.25) is 11.8 Å². The fraction of sp³-hybridized carbons (Fsp3) is 0.579. The molecule has 0 atom stereocenters. The Balaban J connectivity index is 1.72. The zero-order valence-corrected chi connectivity index (χ0v) is 15.5. The number of para-hydroxylation sites is 2. The van der Waals surface area contributed by atoms with Gasteiger partial charge in [0.25, 0.3) is 0 Å². The van der Waals surface area contributed by atoms with Gasteiger partial charge in [0.1, 0.15) is 5.75 Å². The summed E-state index contributed by atoms with van der Waals surface area (Å²) < 4.78 is 5.24. The topological polar surface area (TPSA) is 61.9 Å². The first kappa shape index (κ1) is 19.2. The molecule has 0 unspecified atom stereocenters. The third-order valence-corrected chi connectivity index (χ3v) is 4.34. The number of ether oxygens (including phenoxy) is 1. The lowest BCUT2D eigenvalue weighted by atomic mass is 10.1. The van der Waals surface area contributed by atoms with Gasteiger partial charge >= 0.3 is 0 Å². The number of carbonyl (C=O) groups is 2. The highest BCUT2D eigenvalue weighted by Crippen LogP contribution is 2.23. The number of nitrogens with zero attached hydrogens (tertiary/aromatic N) is 2. The molecule has 0 bridgehead atoms. The number of amides is 2. The van der Waals surface area contributed by atoms with E-state index >= 15 is 0 Å². The summed E-state index contributed by atoms with van der Waals surface area (Å²) in [6.07, 6.45) is 1.04. The molecule has 2 amide bonds. The number of hydrogen-bond acceptors (Lipinski definition) is 4. The molecule has 1 fully saturated rings. The Morgan fingerprint density at radius 3 is 2.48 bits per heavy atom. The van der Waals surface area contributed by atoms with E-state index in [0.29, 0.717) is 36.7 Å². The van der Waals surface area contributed by atoms with Gasteiger partial charge in [0.05, 0.1) is 12.8 Å². The van der Waals surface area contributed by atoms with Gasteiger partial charge in [-0.1, -0.05) is 26.0 Å². The van der Waals surface area contributed by atoms with Crippen LogP contribution in [0.2, 0.25) is 0 Å². The molecule has 1 aliphatic heterocycles. The molecule has 6 nitrogen and oxygen atoms in total. The zero-order valence-electron chi connectivity index (χ0n) is 15.5. The number of nitrogens with one attached hydrogen (secondary N) is 1. The van der Waals surface area contributed by atoms with Gasteiger partial charge < -0.3 is 15.0 Å². The molecule has 138 valence electrons. The number of benzene rings is 1. The fourth-order valence-corrected chi connectivity index (χ4v) is 2.92. The summed E-state index contributed by atoms with van der Waals surface area (Å²) in [5.74, 6) is 1.27. The molecule has 0 spiro atoms. The highest BCUT2D eigenvalue weighted by molar-refractivity contribution is 5.92. The Morgan fingerprint density at radius 1 is 1.16 bits per heavy atom. The van der Waals surface area contributed by atoms with Crippen molar-refractivity contribution in [2.45, 2.75) is 26.7 Å². The van der Waals surface area contributed by atoms with Gasteiger partial charge in [-0.25, -0.2) is 0 Å². The molecular weight excluding hydrogens is 318 g/mol. The monoisotopic (exact) mass is 347 g/mol. The van der Waals surface area contributed by atoms with Crippen molar-refractivity contribution < 1.29 is 14.3 Å². The first-order chi connectivity index (χ1) is 12.0. The molecule has 0 radical (unpaired) electrons. The summed E-state index contributed by atoms with van der Waals surface area (Å²) >= 11 is 0. The first-order valence-electron chi connectivity index (χ1n) is 8.92. The van der Waals surface area contributed by atoms with Crippen LogP contribution in [-0.2, 0) is 9.59 Å². The molecule has 6 heteroatoms. The number of anilines is 1. The summed E-state index contributed by atoms with van der Waals surface area (Å²) in [5.41, 5.74) is 0.694. The maximum atomic E-state index is 12.2. The van der Waals surface area contributed by atoms with Crippen LogP contribution in [-0.4, -0.2) is 61.4 Å². The van der Waals surface area contributed by atoms with Gasteiger partial charge in [0.15, 0.2) is 0 Å². The smallest absolute Gasteiger partial charge is 0.225 e. The highest BCUT2D eigenvalue weighted by Gasteiger charge is 2.21. The molecule has 1 aromatic rings. The first-order valence-corrected chi connectivity index (χ1v) is 8.92. The van der Waals surface area contributed by atoms with Crippen molar-refractivity contribution in [3.05, 3.63) is 24.3 Å². The lowest BCUT2D eigenvalue weighted by Crippen LogP contribution is -2.49. The van der Waals surface area contributed by atoms with E-state index in [1.165, 1.54) is 0 Å². The van der Waals surface area contributed by atoms with E-state index in [4.69, 9.17) is 4.74 Å². The Morgan fingerprint density at radius 2 is 1.84 bits per heavy atom. The number of carbonyl (C=O) groups excluding carboxylic acids is 2. The van der Waals surface area contributed by atoms with Crippen LogP contribution in [0.1, 0.15) is 26.7 Å². The SMILES string of the molecule is COc1ccccc1NC(=O)CCN1CCN(C(=O)CC(C)C)CC1. The van der Waals surface area contributed by atoms with Crippen LogP contribution in [0.4, 0.5) is 5.69 Å². The van der Waals surface area contributed by atoms with Crippen molar-refractivity contribution in [3.63, 3.8) is 0 Å².